The highest BCUT2D eigenvalue weighted by Gasteiger charge is 2.76. The normalized spacial score (nSPS) is 22.2. The number of nitro benzene ring substituents is 1. The van der Waals surface area contributed by atoms with Crippen molar-refractivity contribution in [2.75, 3.05) is 55.8 Å². The Morgan fingerprint density at radius 3 is 2.18 bits per heavy atom. The SMILES string of the molecule is O=C1O[C@@H](c2ccccc2)[C@@H](c2ccccc2)N2[C@@H](c3ccccc3OCCO)[C@]3(C(=O)N(C(=O)OCc4ccc([N+](=O)[O-])cc4)c4ccc(C#CCCO)cc43)[C@@H](C(=O)N3CCN(c4ncccn4)CC3)[C@H]12. The van der Waals surface area contributed by atoms with Crippen LogP contribution in [-0.2, 0) is 35.9 Å². The summed E-state index contributed by atoms with van der Waals surface area (Å²) in [6, 6.07) is 33.8. The standard InChI is InChI=1S/C55H49N7O11/c63-31-10-9-12-36-21-24-43-42(34-36)55(52(67)60(43)54(68)72-35-37-19-22-40(23-20-37)62(69)70)45(50(65)58-27-29-59(30-28-58)53-56-25-11-26-57-53)47-51(66)73-48(39-15-5-2-6-16-39)46(38-13-3-1-4-14-38)61(47)49(55)41-17-7-8-18-44(41)71-33-32-64/h1-8,11,13-26,34,45-49,63-64H,10,27-33,35H2/t45-,46-,47-,48+,49+,55-/m1/s1. The number of carbonyl (C=O) groups excluding carboxylic acids is 4. The quantitative estimate of drug-likeness (QED) is 0.0637. The summed E-state index contributed by atoms with van der Waals surface area (Å²) >= 11 is 0. The van der Waals surface area contributed by atoms with Crippen molar-refractivity contribution in [2.45, 2.75) is 42.7 Å². The van der Waals surface area contributed by atoms with Crippen LogP contribution >= 0.6 is 0 Å². The Bertz CT molecular complexity index is 3090. The third kappa shape index (κ3) is 8.77. The van der Waals surface area contributed by atoms with Gasteiger partial charge in [-0.05, 0) is 64.7 Å². The second-order valence-electron chi connectivity index (χ2n) is 17.9. The van der Waals surface area contributed by atoms with Gasteiger partial charge in [-0.3, -0.25) is 29.4 Å². The average molecular weight is 984 g/mol. The highest BCUT2D eigenvalue weighted by molar-refractivity contribution is 6.23. The lowest BCUT2D eigenvalue weighted by Crippen LogP contribution is -2.59. The van der Waals surface area contributed by atoms with Crippen molar-refractivity contribution in [1.82, 2.24) is 19.8 Å². The first kappa shape index (κ1) is 48.1. The van der Waals surface area contributed by atoms with Crippen molar-refractivity contribution < 1.29 is 48.5 Å². The Labute approximate surface area is 419 Å². The molecule has 0 aliphatic carbocycles. The fourth-order valence-electron chi connectivity index (χ4n) is 10.8. The number of aliphatic hydroxyl groups is 2. The van der Waals surface area contributed by atoms with Gasteiger partial charge in [0.2, 0.25) is 17.8 Å². The van der Waals surface area contributed by atoms with Gasteiger partial charge in [0.25, 0.3) is 5.69 Å². The second-order valence-corrected chi connectivity index (χ2v) is 17.9. The molecule has 18 nitrogen and oxygen atoms in total. The Kier molecular flexibility index (Phi) is 13.6. The molecule has 3 saturated heterocycles. The molecule has 18 heteroatoms. The molecule has 1 spiro atoms. The highest BCUT2D eigenvalue weighted by Crippen LogP contribution is 2.67. The lowest BCUT2D eigenvalue weighted by atomic mass is 9.64. The van der Waals surface area contributed by atoms with Crippen molar-refractivity contribution >= 4 is 41.2 Å². The van der Waals surface area contributed by atoms with Crippen molar-refractivity contribution in [3.05, 3.63) is 189 Å². The summed E-state index contributed by atoms with van der Waals surface area (Å²) in [7, 11) is 0. The summed E-state index contributed by atoms with van der Waals surface area (Å²) in [6.07, 6.45) is 1.29. The van der Waals surface area contributed by atoms with Crippen LogP contribution in [0.15, 0.2) is 146 Å². The molecule has 10 rings (SSSR count). The molecule has 0 unspecified atom stereocenters. The van der Waals surface area contributed by atoms with Gasteiger partial charge in [0.15, 0.2) is 0 Å². The van der Waals surface area contributed by atoms with Gasteiger partial charge in [-0.25, -0.2) is 19.7 Å². The molecule has 4 aliphatic rings. The number of para-hydroxylation sites is 1. The molecular formula is C55H49N7O11. The van der Waals surface area contributed by atoms with Gasteiger partial charge in [0.1, 0.15) is 36.5 Å². The van der Waals surface area contributed by atoms with Crippen LogP contribution in [0.5, 0.6) is 5.75 Å². The summed E-state index contributed by atoms with van der Waals surface area (Å²) in [6.45, 7) is -0.190. The number of aromatic nitrogens is 2. The summed E-state index contributed by atoms with van der Waals surface area (Å²) in [5.41, 5.74) is 0.427. The molecule has 370 valence electrons. The van der Waals surface area contributed by atoms with E-state index in [2.05, 4.69) is 21.8 Å². The maximum absolute atomic E-state index is 16.7. The summed E-state index contributed by atoms with van der Waals surface area (Å²) < 4.78 is 18.9. The maximum Gasteiger partial charge on any atom is 0.421 e. The zero-order chi connectivity index (χ0) is 50.6. The molecule has 4 aliphatic heterocycles. The van der Waals surface area contributed by atoms with Gasteiger partial charge in [-0.2, -0.15) is 0 Å². The number of aliphatic hydroxyl groups excluding tert-OH is 2. The number of piperazine rings is 1. The zero-order valence-electron chi connectivity index (χ0n) is 39.3. The topological polar surface area (TPSA) is 218 Å². The molecule has 0 bridgehead atoms. The molecule has 3 fully saturated rings. The lowest BCUT2D eigenvalue weighted by molar-refractivity contribution is -0.384. The minimum Gasteiger partial charge on any atom is -0.491 e. The Balaban J connectivity index is 1.22. The molecule has 5 aromatic carbocycles. The maximum atomic E-state index is 16.7. The Hall–Kier alpha value is -8.50. The van der Waals surface area contributed by atoms with Crippen LogP contribution in [0.4, 0.5) is 22.1 Å². The third-order valence-electron chi connectivity index (χ3n) is 13.9. The summed E-state index contributed by atoms with van der Waals surface area (Å²) in [5.74, 6) is 2.95. The Morgan fingerprint density at radius 1 is 0.808 bits per heavy atom. The zero-order valence-corrected chi connectivity index (χ0v) is 39.3. The van der Waals surface area contributed by atoms with Crippen LogP contribution in [-0.4, -0.2) is 111 Å². The lowest BCUT2D eigenvalue weighted by Gasteiger charge is -2.46. The number of amides is 3. The van der Waals surface area contributed by atoms with E-state index in [1.54, 1.807) is 65.8 Å². The number of anilines is 2. The number of ether oxygens (including phenoxy) is 3. The Morgan fingerprint density at radius 2 is 1.49 bits per heavy atom. The predicted molar refractivity (Wildman–Crippen MR) is 264 cm³/mol. The number of fused-ring (bicyclic) bond motifs is 3. The third-order valence-corrected chi connectivity index (χ3v) is 13.9. The van der Waals surface area contributed by atoms with Crippen molar-refractivity contribution in [3.63, 3.8) is 0 Å². The van der Waals surface area contributed by atoms with Gasteiger partial charge in [0.05, 0.1) is 41.8 Å². The molecule has 6 atom stereocenters. The van der Waals surface area contributed by atoms with E-state index in [-0.39, 0.29) is 68.6 Å². The molecule has 2 N–H and O–H groups in total. The fraction of sp³-hybridized carbons (Fsp3) is 0.273. The van der Waals surface area contributed by atoms with E-state index < -0.39 is 64.4 Å². The number of esters is 1. The van der Waals surface area contributed by atoms with Crippen molar-refractivity contribution in [2.24, 2.45) is 5.92 Å². The van der Waals surface area contributed by atoms with Gasteiger partial charge in [0, 0.05) is 68.3 Å². The van der Waals surface area contributed by atoms with Crippen LogP contribution in [0.2, 0.25) is 0 Å². The minimum absolute atomic E-state index is 0.0677. The van der Waals surface area contributed by atoms with Crippen LogP contribution in [0, 0.1) is 27.9 Å². The smallest absolute Gasteiger partial charge is 0.421 e. The molecular weight excluding hydrogens is 935 g/mol. The molecule has 5 heterocycles. The van der Waals surface area contributed by atoms with E-state index in [0.29, 0.717) is 46.9 Å². The number of nitrogens with zero attached hydrogens (tertiary/aromatic N) is 7. The summed E-state index contributed by atoms with van der Waals surface area (Å²) in [5, 5.41) is 31.3. The van der Waals surface area contributed by atoms with E-state index in [4.69, 9.17) is 14.2 Å². The monoisotopic (exact) mass is 983 g/mol. The first-order valence-electron chi connectivity index (χ1n) is 23.9. The number of morpholine rings is 1. The number of rotatable bonds is 12. The molecule has 73 heavy (non-hydrogen) atoms. The second kappa shape index (κ2) is 20.7. The number of imide groups is 1. The molecule has 3 amide bonds. The fourth-order valence-corrected chi connectivity index (χ4v) is 10.8. The van der Waals surface area contributed by atoms with Crippen LogP contribution in [0.3, 0.4) is 0 Å². The van der Waals surface area contributed by atoms with E-state index >= 15 is 14.4 Å². The molecule has 1 aromatic heterocycles. The first-order valence-corrected chi connectivity index (χ1v) is 23.9. The first-order chi connectivity index (χ1) is 35.6. The van der Waals surface area contributed by atoms with Gasteiger partial charge >= 0.3 is 12.1 Å². The summed E-state index contributed by atoms with van der Waals surface area (Å²) in [4.78, 5) is 89.8. The largest absolute Gasteiger partial charge is 0.491 e. The van der Waals surface area contributed by atoms with Crippen molar-refractivity contribution in [1.29, 1.82) is 0 Å². The van der Waals surface area contributed by atoms with E-state index in [1.165, 1.54) is 24.3 Å². The molecule has 6 aromatic rings. The number of non-ortho nitro benzene ring substituents is 1. The van der Waals surface area contributed by atoms with Gasteiger partial charge in [-0.15, -0.1) is 0 Å². The highest BCUT2D eigenvalue weighted by atomic mass is 16.6. The van der Waals surface area contributed by atoms with Gasteiger partial charge < -0.3 is 34.2 Å². The molecule has 0 radical (unpaired) electrons. The van der Waals surface area contributed by atoms with Crippen LogP contribution in [0.25, 0.3) is 0 Å². The van der Waals surface area contributed by atoms with Crippen LogP contribution in [0.1, 0.15) is 58.0 Å². The number of hydrogen-bond donors (Lipinski definition) is 2. The van der Waals surface area contributed by atoms with Crippen molar-refractivity contribution in [3.8, 4) is 17.6 Å². The van der Waals surface area contributed by atoms with Gasteiger partial charge in [-0.1, -0.05) is 90.7 Å². The molecule has 0 saturated carbocycles. The van der Waals surface area contributed by atoms with Crippen LogP contribution < -0.4 is 14.5 Å². The number of nitro groups is 1. The number of hydrogen-bond acceptors (Lipinski definition) is 15. The number of carbonyl (C=O) groups is 4. The number of cyclic esters (lactones) is 1. The van der Waals surface area contributed by atoms with E-state index in [9.17, 15) is 25.1 Å². The minimum atomic E-state index is -2.17. The number of benzene rings is 5. The van der Waals surface area contributed by atoms with E-state index in [1.807, 2.05) is 70.5 Å². The van der Waals surface area contributed by atoms with E-state index in [0.717, 1.165) is 4.90 Å². The average Bonchev–Trinajstić information content (AvgIpc) is 3.92. The predicted octanol–water partition coefficient (Wildman–Crippen LogP) is 5.84.